The molecule has 1 fully saturated rings. The van der Waals surface area contributed by atoms with Crippen molar-refractivity contribution < 1.29 is 0 Å². The van der Waals surface area contributed by atoms with E-state index in [1.807, 2.05) is 0 Å². The minimum Gasteiger partial charge on any atom is -0.310 e. The van der Waals surface area contributed by atoms with Crippen LogP contribution in [0.5, 0.6) is 0 Å². The number of hydrogen-bond donors (Lipinski definition) is 1. The molecule has 0 spiro atoms. The number of rotatable bonds is 9. The molecule has 1 saturated carbocycles. The Bertz CT molecular complexity index is 370. The lowest BCUT2D eigenvalue weighted by Crippen LogP contribution is -2.36. The molecule has 2 heteroatoms. The molecule has 0 aliphatic heterocycles. The molecule has 0 heterocycles. The molecular formula is C19H32N2. The lowest BCUT2D eigenvalue weighted by Gasteiger charge is -2.29. The predicted molar refractivity (Wildman–Crippen MR) is 91.6 cm³/mol. The molecule has 1 aliphatic carbocycles. The van der Waals surface area contributed by atoms with Crippen molar-refractivity contribution in [3.63, 3.8) is 0 Å². The third kappa shape index (κ3) is 5.12. The fourth-order valence-electron chi connectivity index (χ4n) is 3.55. The van der Waals surface area contributed by atoms with Crippen LogP contribution in [0.15, 0.2) is 30.3 Å². The molecule has 1 N–H and O–H groups in total. The van der Waals surface area contributed by atoms with Crippen LogP contribution in [0.25, 0.3) is 0 Å². The summed E-state index contributed by atoms with van der Waals surface area (Å²) in [7, 11) is 0. The summed E-state index contributed by atoms with van der Waals surface area (Å²) in [6.45, 7) is 8.08. The molecule has 1 unspecified atom stereocenters. The van der Waals surface area contributed by atoms with Gasteiger partial charge in [-0.2, -0.15) is 0 Å². The van der Waals surface area contributed by atoms with Gasteiger partial charge in [-0.15, -0.1) is 0 Å². The maximum Gasteiger partial charge on any atom is 0.0332 e. The van der Waals surface area contributed by atoms with Gasteiger partial charge in [0.1, 0.15) is 0 Å². The summed E-state index contributed by atoms with van der Waals surface area (Å²) in [5, 5.41) is 3.73. The van der Waals surface area contributed by atoms with E-state index in [4.69, 9.17) is 0 Å². The van der Waals surface area contributed by atoms with Crippen LogP contribution in [-0.2, 0) is 0 Å². The largest absolute Gasteiger partial charge is 0.310 e. The Labute approximate surface area is 130 Å². The number of hydrogen-bond acceptors (Lipinski definition) is 2. The molecule has 118 valence electrons. The highest BCUT2D eigenvalue weighted by atomic mass is 15.2. The fraction of sp³-hybridized carbons (Fsp3) is 0.684. The van der Waals surface area contributed by atoms with E-state index in [2.05, 4.69) is 54.4 Å². The fourth-order valence-corrected chi connectivity index (χ4v) is 3.55. The molecule has 0 bridgehead atoms. The highest BCUT2D eigenvalue weighted by molar-refractivity contribution is 5.18. The lowest BCUT2D eigenvalue weighted by atomic mass is 10.0. The van der Waals surface area contributed by atoms with Crippen LogP contribution in [-0.4, -0.2) is 30.6 Å². The summed E-state index contributed by atoms with van der Waals surface area (Å²) in [5.41, 5.74) is 1.44. The van der Waals surface area contributed by atoms with Crippen LogP contribution in [0, 0.1) is 0 Å². The molecule has 0 radical (unpaired) electrons. The van der Waals surface area contributed by atoms with Crippen molar-refractivity contribution in [1.82, 2.24) is 10.2 Å². The average molecular weight is 288 g/mol. The van der Waals surface area contributed by atoms with Crippen molar-refractivity contribution in [3.8, 4) is 0 Å². The van der Waals surface area contributed by atoms with Gasteiger partial charge in [0.25, 0.3) is 0 Å². The Morgan fingerprint density at radius 1 is 1.14 bits per heavy atom. The maximum atomic E-state index is 3.73. The smallest absolute Gasteiger partial charge is 0.0332 e. The van der Waals surface area contributed by atoms with Crippen molar-refractivity contribution in [1.29, 1.82) is 0 Å². The third-order valence-corrected chi connectivity index (χ3v) is 4.79. The molecule has 1 aromatic rings. The van der Waals surface area contributed by atoms with Gasteiger partial charge in [0.15, 0.2) is 0 Å². The monoisotopic (exact) mass is 288 g/mol. The summed E-state index contributed by atoms with van der Waals surface area (Å²) in [5.74, 6) is 0. The first kappa shape index (κ1) is 16.5. The summed E-state index contributed by atoms with van der Waals surface area (Å²) < 4.78 is 0. The molecule has 0 aromatic heterocycles. The highest BCUT2D eigenvalue weighted by Crippen LogP contribution is 2.25. The minimum atomic E-state index is 0.501. The van der Waals surface area contributed by atoms with E-state index >= 15 is 0 Å². The standard InChI is InChI=1S/C19H32N2/c1-3-15-20-19(17-10-6-5-7-11-17)14-16-21(4-2)18-12-8-9-13-18/h5-7,10-11,18-20H,3-4,8-9,12-16H2,1-2H3. The average Bonchev–Trinajstić information content (AvgIpc) is 3.06. The number of nitrogens with zero attached hydrogens (tertiary/aromatic N) is 1. The van der Waals surface area contributed by atoms with Crippen LogP contribution in [0.4, 0.5) is 0 Å². The van der Waals surface area contributed by atoms with E-state index in [0.29, 0.717) is 6.04 Å². The first-order valence-corrected chi connectivity index (χ1v) is 8.87. The zero-order valence-electron chi connectivity index (χ0n) is 13.9. The lowest BCUT2D eigenvalue weighted by molar-refractivity contribution is 0.198. The molecule has 2 nitrogen and oxygen atoms in total. The third-order valence-electron chi connectivity index (χ3n) is 4.79. The van der Waals surface area contributed by atoms with E-state index in [9.17, 15) is 0 Å². The van der Waals surface area contributed by atoms with Crippen molar-refractivity contribution in [2.45, 2.75) is 64.5 Å². The summed E-state index contributed by atoms with van der Waals surface area (Å²) in [6, 6.07) is 12.3. The normalized spacial score (nSPS) is 17.5. The zero-order chi connectivity index (χ0) is 14.9. The van der Waals surface area contributed by atoms with Gasteiger partial charge >= 0.3 is 0 Å². The molecule has 1 aromatic carbocycles. The first-order chi connectivity index (χ1) is 10.3. The van der Waals surface area contributed by atoms with E-state index in [-0.39, 0.29) is 0 Å². The second kappa shape index (κ2) is 9.22. The molecule has 2 rings (SSSR count). The molecule has 1 atom stereocenters. The second-order valence-corrected chi connectivity index (χ2v) is 6.27. The van der Waals surface area contributed by atoms with Gasteiger partial charge in [-0.05, 0) is 44.3 Å². The van der Waals surface area contributed by atoms with Crippen molar-refractivity contribution in [3.05, 3.63) is 35.9 Å². The topological polar surface area (TPSA) is 15.3 Å². The Morgan fingerprint density at radius 2 is 1.86 bits per heavy atom. The van der Waals surface area contributed by atoms with Gasteiger partial charge in [0.2, 0.25) is 0 Å². The van der Waals surface area contributed by atoms with E-state index in [1.165, 1.54) is 57.2 Å². The Balaban J connectivity index is 1.91. The predicted octanol–water partition coefficient (Wildman–Crippen LogP) is 4.38. The van der Waals surface area contributed by atoms with Gasteiger partial charge in [0.05, 0.1) is 0 Å². The molecule has 21 heavy (non-hydrogen) atoms. The van der Waals surface area contributed by atoms with Crippen LogP contribution in [0.3, 0.4) is 0 Å². The first-order valence-electron chi connectivity index (χ1n) is 8.87. The van der Waals surface area contributed by atoms with Crippen LogP contribution >= 0.6 is 0 Å². The second-order valence-electron chi connectivity index (χ2n) is 6.27. The highest BCUT2D eigenvalue weighted by Gasteiger charge is 2.22. The van der Waals surface area contributed by atoms with Gasteiger partial charge in [0, 0.05) is 18.6 Å². The summed E-state index contributed by atoms with van der Waals surface area (Å²) in [6.07, 6.45) is 8.09. The molecule has 0 amide bonds. The molecule has 1 aliphatic rings. The Kier molecular flexibility index (Phi) is 7.25. The maximum absolute atomic E-state index is 3.73. The summed E-state index contributed by atoms with van der Waals surface area (Å²) in [4.78, 5) is 2.70. The molecule has 0 saturated heterocycles. The van der Waals surface area contributed by atoms with Gasteiger partial charge in [-0.3, -0.25) is 0 Å². The quantitative estimate of drug-likeness (QED) is 0.725. The molecular weight excluding hydrogens is 256 g/mol. The number of nitrogens with one attached hydrogen (secondary N) is 1. The Hall–Kier alpha value is -0.860. The van der Waals surface area contributed by atoms with E-state index in [0.717, 1.165) is 12.6 Å². The Morgan fingerprint density at radius 3 is 2.48 bits per heavy atom. The number of benzene rings is 1. The van der Waals surface area contributed by atoms with Crippen LogP contribution < -0.4 is 5.32 Å². The van der Waals surface area contributed by atoms with Crippen molar-refractivity contribution >= 4 is 0 Å². The SMILES string of the molecule is CCCNC(CCN(CC)C1CCCC1)c1ccccc1. The summed E-state index contributed by atoms with van der Waals surface area (Å²) >= 11 is 0. The van der Waals surface area contributed by atoms with Crippen molar-refractivity contribution in [2.24, 2.45) is 0 Å². The minimum absolute atomic E-state index is 0.501. The zero-order valence-corrected chi connectivity index (χ0v) is 13.9. The van der Waals surface area contributed by atoms with Crippen LogP contribution in [0.1, 0.15) is 64.0 Å². The van der Waals surface area contributed by atoms with Crippen LogP contribution in [0.2, 0.25) is 0 Å². The van der Waals surface area contributed by atoms with Gasteiger partial charge in [-0.25, -0.2) is 0 Å². The van der Waals surface area contributed by atoms with E-state index < -0.39 is 0 Å². The van der Waals surface area contributed by atoms with Crippen molar-refractivity contribution in [2.75, 3.05) is 19.6 Å². The van der Waals surface area contributed by atoms with E-state index in [1.54, 1.807) is 0 Å². The van der Waals surface area contributed by atoms with Gasteiger partial charge in [-0.1, -0.05) is 57.0 Å². The van der Waals surface area contributed by atoms with Gasteiger partial charge < -0.3 is 10.2 Å².